The third kappa shape index (κ3) is 5.79. The van der Waals surface area contributed by atoms with Gasteiger partial charge in [-0.05, 0) is 36.1 Å². The van der Waals surface area contributed by atoms with Gasteiger partial charge in [0.1, 0.15) is 0 Å². The summed E-state index contributed by atoms with van der Waals surface area (Å²) in [7, 11) is 0. The second-order valence-electron chi connectivity index (χ2n) is 6.95. The Bertz CT molecular complexity index is 890. The maximum absolute atomic E-state index is 10.1. The summed E-state index contributed by atoms with van der Waals surface area (Å²) >= 11 is 0. The van der Waals surface area contributed by atoms with Gasteiger partial charge in [0.15, 0.2) is 0 Å². The minimum absolute atomic E-state index is 0. The molecule has 3 heteroatoms. The van der Waals surface area contributed by atoms with Gasteiger partial charge in [-0.3, -0.25) is 0 Å². The van der Waals surface area contributed by atoms with E-state index in [-0.39, 0.29) is 17.1 Å². The Morgan fingerprint density at radius 1 is 0.690 bits per heavy atom. The normalized spacial score (nSPS) is 12.3. The van der Waals surface area contributed by atoms with Crippen LogP contribution in [0.1, 0.15) is 45.6 Å². The SMILES string of the molecule is Cc1ccccc1C(O)[c-]1[cH-][cH-][cH-][cH-]1.Cc1ccccc1C(O)[c-]1cccc1.[Fe]. The van der Waals surface area contributed by atoms with E-state index in [2.05, 4.69) is 0 Å². The fraction of sp³-hybridized carbons (Fsp3) is 0.154. The predicted molar refractivity (Wildman–Crippen MR) is 115 cm³/mol. The van der Waals surface area contributed by atoms with Crippen molar-refractivity contribution in [1.29, 1.82) is 0 Å². The van der Waals surface area contributed by atoms with Crippen LogP contribution in [-0.2, 0) is 17.1 Å². The molecule has 156 valence electrons. The van der Waals surface area contributed by atoms with E-state index in [9.17, 15) is 10.2 Å². The maximum Gasteiger partial charge on any atom is 0.0604 e. The van der Waals surface area contributed by atoms with E-state index in [0.717, 1.165) is 33.4 Å². The van der Waals surface area contributed by atoms with Crippen LogP contribution in [-0.4, -0.2) is 10.2 Å². The van der Waals surface area contributed by atoms with E-state index in [1.807, 2.05) is 111 Å². The second kappa shape index (κ2) is 10.9. The van der Waals surface area contributed by atoms with Crippen LogP contribution in [0, 0.1) is 13.8 Å². The number of aliphatic hydroxyl groups is 2. The van der Waals surface area contributed by atoms with Crippen LogP contribution < -0.4 is 0 Å². The molecule has 0 spiro atoms. The first kappa shape index (κ1) is 22.9. The molecule has 0 amide bonds. The average molecular weight is 426 g/mol. The molecule has 29 heavy (non-hydrogen) atoms. The second-order valence-corrected chi connectivity index (χ2v) is 6.95. The van der Waals surface area contributed by atoms with Crippen LogP contribution in [0.15, 0.2) is 97.1 Å². The zero-order valence-corrected chi connectivity index (χ0v) is 17.7. The number of benzene rings is 2. The molecule has 2 nitrogen and oxygen atoms in total. The molecular formula is C26H26FeO2-6. The molecule has 0 aliphatic heterocycles. The van der Waals surface area contributed by atoms with Gasteiger partial charge in [-0.1, -0.05) is 54.6 Å². The molecular weight excluding hydrogens is 400 g/mol. The zero-order valence-electron chi connectivity index (χ0n) is 16.6. The van der Waals surface area contributed by atoms with Crippen LogP contribution in [0.2, 0.25) is 0 Å². The molecule has 0 saturated heterocycles. The molecule has 0 aromatic heterocycles. The Morgan fingerprint density at radius 2 is 1.14 bits per heavy atom. The molecule has 0 fully saturated rings. The Morgan fingerprint density at radius 3 is 1.62 bits per heavy atom. The monoisotopic (exact) mass is 426 g/mol. The Balaban J connectivity index is 0.000000200. The summed E-state index contributed by atoms with van der Waals surface area (Å²) in [5.74, 6) is 0. The van der Waals surface area contributed by atoms with Crippen molar-refractivity contribution in [3.63, 3.8) is 0 Å². The third-order valence-corrected chi connectivity index (χ3v) is 4.97. The van der Waals surface area contributed by atoms with E-state index in [0.29, 0.717) is 0 Å². The Labute approximate surface area is 183 Å². The van der Waals surface area contributed by atoms with Gasteiger partial charge in [0.2, 0.25) is 0 Å². The van der Waals surface area contributed by atoms with Crippen molar-refractivity contribution in [3.8, 4) is 0 Å². The van der Waals surface area contributed by atoms with Crippen molar-refractivity contribution in [2.75, 3.05) is 0 Å². The predicted octanol–water partition coefficient (Wildman–Crippen LogP) is 5.59. The van der Waals surface area contributed by atoms with Gasteiger partial charge >= 0.3 is 0 Å². The summed E-state index contributed by atoms with van der Waals surface area (Å²) in [6, 6.07) is 31.4. The first-order valence-corrected chi connectivity index (χ1v) is 9.48. The van der Waals surface area contributed by atoms with Gasteiger partial charge in [-0.15, -0.1) is 5.56 Å². The molecule has 4 aromatic rings. The van der Waals surface area contributed by atoms with Crippen molar-refractivity contribution in [1.82, 2.24) is 0 Å². The molecule has 0 heterocycles. The first-order chi connectivity index (χ1) is 13.6. The number of hydrogen-bond acceptors (Lipinski definition) is 2. The van der Waals surface area contributed by atoms with E-state index in [1.54, 1.807) is 0 Å². The van der Waals surface area contributed by atoms with Gasteiger partial charge in [0, 0.05) is 17.1 Å². The fourth-order valence-electron chi connectivity index (χ4n) is 3.29. The molecule has 0 radical (unpaired) electrons. The molecule has 2 atom stereocenters. The Hall–Kier alpha value is -2.42. The van der Waals surface area contributed by atoms with Crippen molar-refractivity contribution < 1.29 is 27.3 Å². The van der Waals surface area contributed by atoms with Gasteiger partial charge in [0.25, 0.3) is 0 Å². The van der Waals surface area contributed by atoms with Crippen LogP contribution >= 0.6 is 0 Å². The fourth-order valence-corrected chi connectivity index (χ4v) is 3.29. The summed E-state index contributed by atoms with van der Waals surface area (Å²) in [6.45, 7) is 4.03. The summed E-state index contributed by atoms with van der Waals surface area (Å²) in [5, 5.41) is 20.1. The van der Waals surface area contributed by atoms with Crippen molar-refractivity contribution in [3.05, 3.63) is 130 Å². The first-order valence-electron chi connectivity index (χ1n) is 9.48. The number of aliphatic hydroxyl groups excluding tert-OH is 2. The standard InChI is InChI=1S/2C13H13O.Fe/c2*1-10-6-2-5-9-12(10)13(14)11-7-3-4-8-11;/h2*2-9,13-14H,1H3;/q-5;-1;. The molecule has 2 N–H and O–H groups in total. The minimum Gasteiger partial charge on any atom is -0.747 e. The van der Waals surface area contributed by atoms with E-state index < -0.39 is 12.2 Å². The quantitative estimate of drug-likeness (QED) is 0.330. The number of rotatable bonds is 4. The smallest absolute Gasteiger partial charge is 0.0604 e. The van der Waals surface area contributed by atoms with Gasteiger partial charge in [-0.25, -0.2) is 12.1 Å². The topological polar surface area (TPSA) is 40.5 Å². The number of hydrogen-bond donors (Lipinski definition) is 2. The molecule has 0 saturated carbocycles. The van der Waals surface area contributed by atoms with E-state index in [4.69, 9.17) is 0 Å². The molecule has 2 unspecified atom stereocenters. The van der Waals surface area contributed by atoms with Crippen LogP contribution in [0.5, 0.6) is 0 Å². The van der Waals surface area contributed by atoms with Crippen molar-refractivity contribution in [2.24, 2.45) is 0 Å². The van der Waals surface area contributed by atoms with E-state index in [1.165, 1.54) is 0 Å². The molecule has 4 aromatic carbocycles. The molecule has 0 bridgehead atoms. The zero-order chi connectivity index (χ0) is 19.9. The van der Waals surface area contributed by atoms with Crippen LogP contribution in [0.4, 0.5) is 0 Å². The third-order valence-electron chi connectivity index (χ3n) is 4.97. The van der Waals surface area contributed by atoms with Crippen molar-refractivity contribution in [2.45, 2.75) is 26.1 Å². The van der Waals surface area contributed by atoms with Crippen LogP contribution in [0.3, 0.4) is 0 Å². The molecule has 4 rings (SSSR count). The molecule has 0 aliphatic carbocycles. The Kier molecular flexibility index (Phi) is 8.63. The molecule has 0 aliphatic rings. The summed E-state index contributed by atoms with van der Waals surface area (Å²) in [4.78, 5) is 0. The number of aryl methyl sites for hydroxylation is 2. The summed E-state index contributed by atoms with van der Waals surface area (Å²) in [5.41, 5.74) is 6.14. The largest absolute Gasteiger partial charge is 0.747 e. The van der Waals surface area contributed by atoms with Gasteiger partial charge < -0.3 is 40.0 Å². The average Bonchev–Trinajstić information content (AvgIpc) is 3.42. The maximum atomic E-state index is 10.1. The van der Waals surface area contributed by atoms with E-state index >= 15 is 0 Å². The van der Waals surface area contributed by atoms with Crippen molar-refractivity contribution >= 4 is 0 Å². The summed E-state index contributed by atoms with van der Waals surface area (Å²) < 4.78 is 0. The van der Waals surface area contributed by atoms with Crippen LogP contribution in [0.25, 0.3) is 0 Å². The summed E-state index contributed by atoms with van der Waals surface area (Å²) in [6.07, 6.45) is -0.989. The van der Waals surface area contributed by atoms with Gasteiger partial charge in [0.05, 0.1) is 6.10 Å². The minimum atomic E-state index is -0.494. The van der Waals surface area contributed by atoms with Gasteiger partial charge in [-0.2, -0.15) is 12.1 Å².